The summed E-state index contributed by atoms with van der Waals surface area (Å²) in [4.78, 5) is 6.89. The molecule has 1 aliphatic rings. The van der Waals surface area contributed by atoms with Crippen molar-refractivity contribution in [3.8, 4) is 0 Å². The van der Waals surface area contributed by atoms with Gasteiger partial charge in [-0.2, -0.15) is 0 Å². The standard InChI is InChI=1S/C11H19N3S/c1-9-7-14(10(2)3-4-12-9)8-11-13-5-6-15-11/h5-6,9-10,12H,3-4,7-8H2,1-2H3. The third-order valence-corrected chi connectivity index (χ3v) is 3.77. The Morgan fingerprint density at radius 2 is 2.47 bits per heavy atom. The van der Waals surface area contributed by atoms with Crippen molar-refractivity contribution in [3.63, 3.8) is 0 Å². The van der Waals surface area contributed by atoms with Crippen LogP contribution in [0.2, 0.25) is 0 Å². The van der Waals surface area contributed by atoms with Crippen LogP contribution in [-0.4, -0.2) is 35.1 Å². The minimum absolute atomic E-state index is 0.593. The molecular formula is C11H19N3S. The van der Waals surface area contributed by atoms with Crippen molar-refractivity contribution < 1.29 is 0 Å². The fraction of sp³-hybridized carbons (Fsp3) is 0.727. The lowest BCUT2D eigenvalue weighted by atomic mass is 10.2. The quantitative estimate of drug-likeness (QED) is 0.830. The lowest BCUT2D eigenvalue weighted by Gasteiger charge is -2.26. The second-order valence-electron chi connectivity index (χ2n) is 4.35. The van der Waals surface area contributed by atoms with E-state index in [0.29, 0.717) is 12.1 Å². The number of hydrogen-bond acceptors (Lipinski definition) is 4. The second kappa shape index (κ2) is 5.05. The van der Waals surface area contributed by atoms with Gasteiger partial charge in [0.15, 0.2) is 0 Å². The Labute approximate surface area is 95.5 Å². The molecule has 84 valence electrons. The first-order valence-corrected chi connectivity index (χ1v) is 6.49. The molecule has 1 aliphatic heterocycles. The Morgan fingerprint density at radius 1 is 1.60 bits per heavy atom. The fourth-order valence-electron chi connectivity index (χ4n) is 2.04. The van der Waals surface area contributed by atoms with Gasteiger partial charge in [0.2, 0.25) is 0 Å². The summed E-state index contributed by atoms with van der Waals surface area (Å²) in [5, 5.41) is 6.81. The zero-order chi connectivity index (χ0) is 10.7. The molecule has 1 N–H and O–H groups in total. The molecule has 2 rings (SSSR count). The molecule has 0 spiro atoms. The summed E-state index contributed by atoms with van der Waals surface area (Å²) in [7, 11) is 0. The Hall–Kier alpha value is -0.450. The summed E-state index contributed by atoms with van der Waals surface area (Å²) in [5.74, 6) is 0. The van der Waals surface area contributed by atoms with Gasteiger partial charge in [-0.25, -0.2) is 4.98 Å². The first kappa shape index (κ1) is 11.0. The SMILES string of the molecule is CC1CN(Cc2nccs2)C(C)CCN1. The van der Waals surface area contributed by atoms with Gasteiger partial charge in [0.1, 0.15) is 5.01 Å². The van der Waals surface area contributed by atoms with E-state index in [2.05, 4.69) is 34.4 Å². The van der Waals surface area contributed by atoms with Crippen LogP contribution in [0.4, 0.5) is 0 Å². The molecule has 0 saturated carbocycles. The van der Waals surface area contributed by atoms with Crippen LogP contribution in [0.5, 0.6) is 0 Å². The molecule has 0 amide bonds. The van der Waals surface area contributed by atoms with E-state index in [1.54, 1.807) is 11.3 Å². The Balaban J connectivity index is 1.98. The Kier molecular flexibility index (Phi) is 3.72. The van der Waals surface area contributed by atoms with Gasteiger partial charge in [-0.1, -0.05) is 0 Å². The normalized spacial score (nSPS) is 28.9. The molecule has 3 nitrogen and oxygen atoms in total. The van der Waals surface area contributed by atoms with Crippen LogP contribution >= 0.6 is 11.3 Å². The maximum Gasteiger partial charge on any atom is 0.107 e. The topological polar surface area (TPSA) is 28.2 Å². The predicted molar refractivity (Wildman–Crippen MR) is 64.1 cm³/mol. The molecule has 0 bridgehead atoms. The number of rotatable bonds is 2. The van der Waals surface area contributed by atoms with Crippen LogP contribution in [0, 0.1) is 0 Å². The molecule has 1 aromatic rings. The molecule has 2 atom stereocenters. The number of nitrogens with one attached hydrogen (secondary N) is 1. The zero-order valence-corrected chi connectivity index (χ0v) is 10.3. The maximum atomic E-state index is 4.36. The van der Waals surface area contributed by atoms with E-state index >= 15 is 0 Å². The second-order valence-corrected chi connectivity index (χ2v) is 5.33. The van der Waals surface area contributed by atoms with Gasteiger partial charge < -0.3 is 5.32 Å². The van der Waals surface area contributed by atoms with E-state index in [-0.39, 0.29) is 0 Å². The van der Waals surface area contributed by atoms with Crippen molar-refractivity contribution >= 4 is 11.3 Å². The van der Waals surface area contributed by atoms with Gasteiger partial charge >= 0.3 is 0 Å². The highest BCUT2D eigenvalue weighted by Crippen LogP contribution is 2.14. The average molecular weight is 225 g/mol. The predicted octanol–water partition coefficient (Wildman–Crippen LogP) is 1.72. The van der Waals surface area contributed by atoms with E-state index in [9.17, 15) is 0 Å². The van der Waals surface area contributed by atoms with Gasteiger partial charge in [0, 0.05) is 30.2 Å². The number of nitrogens with zero attached hydrogens (tertiary/aromatic N) is 2. The summed E-state index contributed by atoms with van der Waals surface area (Å²) in [6, 6.07) is 1.25. The van der Waals surface area contributed by atoms with Crippen molar-refractivity contribution in [2.24, 2.45) is 0 Å². The summed E-state index contributed by atoms with van der Waals surface area (Å²) in [6.45, 7) is 7.84. The van der Waals surface area contributed by atoms with E-state index in [1.807, 2.05) is 6.20 Å². The molecule has 1 aromatic heterocycles. The smallest absolute Gasteiger partial charge is 0.107 e. The van der Waals surface area contributed by atoms with Gasteiger partial charge in [0.05, 0.1) is 6.54 Å². The van der Waals surface area contributed by atoms with Crippen LogP contribution in [0.1, 0.15) is 25.3 Å². The minimum Gasteiger partial charge on any atom is -0.313 e. The molecule has 1 saturated heterocycles. The minimum atomic E-state index is 0.593. The number of thiazole rings is 1. The lowest BCUT2D eigenvalue weighted by Crippen LogP contribution is -2.37. The summed E-state index contributed by atoms with van der Waals surface area (Å²) < 4.78 is 0. The van der Waals surface area contributed by atoms with E-state index in [1.165, 1.54) is 11.4 Å². The summed E-state index contributed by atoms with van der Waals surface area (Å²) >= 11 is 1.75. The largest absolute Gasteiger partial charge is 0.313 e. The Morgan fingerprint density at radius 3 is 3.20 bits per heavy atom. The molecule has 15 heavy (non-hydrogen) atoms. The summed E-state index contributed by atoms with van der Waals surface area (Å²) in [6.07, 6.45) is 3.12. The van der Waals surface area contributed by atoms with Crippen molar-refractivity contribution in [1.82, 2.24) is 15.2 Å². The van der Waals surface area contributed by atoms with E-state index in [0.717, 1.165) is 19.6 Å². The first-order chi connectivity index (χ1) is 7.25. The Bertz CT molecular complexity index is 286. The highest BCUT2D eigenvalue weighted by atomic mass is 32.1. The van der Waals surface area contributed by atoms with E-state index in [4.69, 9.17) is 0 Å². The monoisotopic (exact) mass is 225 g/mol. The number of aromatic nitrogens is 1. The first-order valence-electron chi connectivity index (χ1n) is 5.61. The highest BCUT2D eigenvalue weighted by Gasteiger charge is 2.20. The van der Waals surface area contributed by atoms with Crippen molar-refractivity contribution in [2.75, 3.05) is 13.1 Å². The molecule has 0 radical (unpaired) electrons. The van der Waals surface area contributed by atoms with E-state index < -0.39 is 0 Å². The van der Waals surface area contributed by atoms with Crippen LogP contribution in [0.15, 0.2) is 11.6 Å². The fourth-order valence-corrected chi connectivity index (χ4v) is 2.68. The molecule has 4 heteroatoms. The summed E-state index contributed by atoms with van der Waals surface area (Å²) in [5.41, 5.74) is 0. The van der Waals surface area contributed by atoms with Gasteiger partial charge in [0.25, 0.3) is 0 Å². The van der Waals surface area contributed by atoms with Gasteiger partial charge in [-0.3, -0.25) is 4.90 Å². The molecule has 1 fully saturated rings. The third kappa shape index (κ3) is 3.00. The van der Waals surface area contributed by atoms with Crippen LogP contribution in [0.3, 0.4) is 0 Å². The van der Waals surface area contributed by atoms with Crippen molar-refractivity contribution in [2.45, 2.75) is 38.9 Å². The van der Waals surface area contributed by atoms with Gasteiger partial charge in [-0.15, -0.1) is 11.3 Å². The average Bonchev–Trinajstić information content (AvgIpc) is 2.63. The van der Waals surface area contributed by atoms with Crippen LogP contribution < -0.4 is 5.32 Å². The molecule has 2 unspecified atom stereocenters. The maximum absolute atomic E-state index is 4.36. The van der Waals surface area contributed by atoms with Crippen LogP contribution in [-0.2, 0) is 6.54 Å². The lowest BCUT2D eigenvalue weighted by molar-refractivity contribution is 0.198. The van der Waals surface area contributed by atoms with Crippen molar-refractivity contribution in [3.05, 3.63) is 16.6 Å². The number of hydrogen-bond donors (Lipinski definition) is 1. The highest BCUT2D eigenvalue weighted by molar-refractivity contribution is 7.09. The third-order valence-electron chi connectivity index (χ3n) is 3.01. The molecule has 0 aliphatic carbocycles. The molecule has 0 aromatic carbocycles. The zero-order valence-electron chi connectivity index (χ0n) is 9.44. The molecule has 2 heterocycles. The van der Waals surface area contributed by atoms with Crippen molar-refractivity contribution in [1.29, 1.82) is 0 Å². The van der Waals surface area contributed by atoms with Crippen LogP contribution in [0.25, 0.3) is 0 Å². The van der Waals surface area contributed by atoms with Gasteiger partial charge in [-0.05, 0) is 26.8 Å². The molecular weight excluding hydrogens is 206 g/mol.